The van der Waals surface area contributed by atoms with Gasteiger partial charge in [0.05, 0.1) is 17.6 Å². The average Bonchev–Trinajstić information content (AvgIpc) is 3.13. The summed E-state index contributed by atoms with van der Waals surface area (Å²) in [6.45, 7) is 3.36. The Hall–Kier alpha value is -2.77. The van der Waals surface area contributed by atoms with Crippen molar-refractivity contribution in [1.82, 2.24) is 29.8 Å². The Bertz CT molecular complexity index is 877. The first-order valence-corrected chi connectivity index (χ1v) is 9.43. The standard InChI is InChI=1S/C19H24N6O2/c1-13(26)25-7-4-3-5-18(25)19(27)24-8-6-16-14(12-24)9-17(22-21-16)15-10-20-23(2)11-15/h9-11,18H,3-8,12H2,1-2H3. The van der Waals surface area contributed by atoms with Crippen LogP contribution in [0.5, 0.6) is 0 Å². The maximum absolute atomic E-state index is 13.1. The van der Waals surface area contributed by atoms with E-state index in [-0.39, 0.29) is 17.9 Å². The van der Waals surface area contributed by atoms with E-state index in [1.807, 2.05) is 24.2 Å². The van der Waals surface area contributed by atoms with Crippen LogP contribution in [-0.4, -0.2) is 60.7 Å². The summed E-state index contributed by atoms with van der Waals surface area (Å²) in [5, 5.41) is 12.9. The van der Waals surface area contributed by atoms with E-state index in [9.17, 15) is 9.59 Å². The second-order valence-corrected chi connectivity index (χ2v) is 7.34. The van der Waals surface area contributed by atoms with Gasteiger partial charge in [-0.1, -0.05) is 0 Å². The number of aromatic nitrogens is 4. The number of aryl methyl sites for hydroxylation is 1. The van der Waals surface area contributed by atoms with E-state index < -0.39 is 0 Å². The van der Waals surface area contributed by atoms with Gasteiger partial charge in [0, 0.05) is 51.8 Å². The molecule has 27 heavy (non-hydrogen) atoms. The monoisotopic (exact) mass is 368 g/mol. The Morgan fingerprint density at radius 2 is 2.04 bits per heavy atom. The number of piperidine rings is 1. The van der Waals surface area contributed by atoms with Crippen molar-refractivity contribution in [2.24, 2.45) is 7.05 Å². The van der Waals surface area contributed by atoms with Crippen LogP contribution in [0.2, 0.25) is 0 Å². The maximum atomic E-state index is 13.1. The molecule has 0 bridgehead atoms. The summed E-state index contributed by atoms with van der Waals surface area (Å²) in [5.74, 6) is 0.0329. The number of hydrogen-bond donors (Lipinski definition) is 0. The number of fused-ring (bicyclic) bond motifs is 1. The Morgan fingerprint density at radius 1 is 1.19 bits per heavy atom. The highest BCUT2D eigenvalue weighted by atomic mass is 16.2. The zero-order chi connectivity index (χ0) is 19.0. The fourth-order valence-corrected chi connectivity index (χ4v) is 3.99. The molecule has 142 valence electrons. The van der Waals surface area contributed by atoms with Crippen LogP contribution in [0.25, 0.3) is 11.3 Å². The molecule has 8 heteroatoms. The molecule has 0 N–H and O–H groups in total. The van der Waals surface area contributed by atoms with E-state index in [4.69, 9.17) is 0 Å². The summed E-state index contributed by atoms with van der Waals surface area (Å²) in [6, 6.07) is 1.67. The van der Waals surface area contributed by atoms with Gasteiger partial charge in [0.2, 0.25) is 11.8 Å². The fourth-order valence-electron chi connectivity index (χ4n) is 3.99. The van der Waals surface area contributed by atoms with Crippen molar-refractivity contribution in [3.8, 4) is 11.3 Å². The second-order valence-electron chi connectivity index (χ2n) is 7.34. The van der Waals surface area contributed by atoms with Crippen molar-refractivity contribution < 1.29 is 9.59 Å². The molecule has 4 rings (SSSR count). The number of nitrogens with zero attached hydrogens (tertiary/aromatic N) is 6. The molecule has 8 nitrogen and oxygen atoms in total. The molecule has 2 aliphatic rings. The maximum Gasteiger partial charge on any atom is 0.245 e. The molecule has 1 atom stereocenters. The molecule has 2 aliphatic heterocycles. The molecule has 0 saturated carbocycles. The van der Waals surface area contributed by atoms with E-state index in [0.717, 1.165) is 41.8 Å². The SMILES string of the molecule is CC(=O)N1CCCCC1C(=O)N1CCc2nnc(-c3cnn(C)c3)cc2C1. The third-order valence-electron chi connectivity index (χ3n) is 5.44. The molecule has 1 fully saturated rings. The van der Waals surface area contributed by atoms with Crippen LogP contribution in [0.15, 0.2) is 18.5 Å². The van der Waals surface area contributed by atoms with E-state index in [1.165, 1.54) is 0 Å². The topological polar surface area (TPSA) is 84.2 Å². The Balaban J connectivity index is 1.55. The zero-order valence-electron chi connectivity index (χ0n) is 15.8. The smallest absolute Gasteiger partial charge is 0.245 e. The molecule has 2 amide bonds. The largest absolute Gasteiger partial charge is 0.336 e. The highest BCUT2D eigenvalue weighted by molar-refractivity contribution is 5.87. The molecular formula is C19H24N6O2. The van der Waals surface area contributed by atoms with Crippen molar-refractivity contribution in [2.75, 3.05) is 13.1 Å². The lowest BCUT2D eigenvalue weighted by Gasteiger charge is -2.38. The lowest BCUT2D eigenvalue weighted by molar-refractivity contribution is -0.147. The van der Waals surface area contributed by atoms with Gasteiger partial charge < -0.3 is 9.80 Å². The Morgan fingerprint density at radius 3 is 2.78 bits per heavy atom. The number of amides is 2. The third-order valence-corrected chi connectivity index (χ3v) is 5.44. The first kappa shape index (κ1) is 17.6. The lowest BCUT2D eigenvalue weighted by Crippen LogP contribution is -2.53. The van der Waals surface area contributed by atoms with Crippen molar-refractivity contribution in [3.05, 3.63) is 29.7 Å². The molecule has 4 heterocycles. The first-order valence-electron chi connectivity index (χ1n) is 9.43. The van der Waals surface area contributed by atoms with Gasteiger partial charge in [0.15, 0.2) is 0 Å². The molecule has 2 aromatic rings. The average molecular weight is 368 g/mol. The van der Waals surface area contributed by atoms with E-state index >= 15 is 0 Å². The summed E-state index contributed by atoms with van der Waals surface area (Å²) in [5.41, 5.74) is 3.64. The minimum Gasteiger partial charge on any atom is -0.336 e. The van der Waals surface area contributed by atoms with Gasteiger partial charge in [0.1, 0.15) is 6.04 Å². The molecular weight excluding hydrogens is 344 g/mol. The third kappa shape index (κ3) is 3.43. The lowest BCUT2D eigenvalue weighted by atomic mass is 9.98. The summed E-state index contributed by atoms with van der Waals surface area (Å²) in [6.07, 6.45) is 7.05. The van der Waals surface area contributed by atoms with Crippen molar-refractivity contribution in [2.45, 2.75) is 45.2 Å². The van der Waals surface area contributed by atoms with Crippen molar-refractivity contribution in [1.29, 1.82) is 0 Å². The van der Waals surface area contributed by atoms with Crippen molar-refractivity contribution in [3.63, 3.8) is 0 Å². The van der Waals surface area contributed by atoms with E-state index in [1.54, 1.807) is 22.7 Å². The van der Waals surface area contributed by atoms with Gasteiger partial charge in [-0.3, -0.25) is 14.3 Å². The summed E-state index contributed by atoms with van der Waals surface area (Å²) in [7, 11) is 1.86. The number of likely N-dealkylation sites (tertiary alicyclic amines) is 1. The van der Waals surface area contributed by atoms with Crippen LogP contribution < -0.4 is 0 Å². The summed E-state index contributed by atoms with van der Waals surface area (Å²) in [4.78, 5) is 28.6. The molecule has 0 radical (unpaired) electrons. The second kappa shape index (κ2) is 7.09. The minimum absolute atomic E-state index is 0.0183. The molecule has 1 saturated heterocycles. The Labute approximate surface area is 158 Å². The Kier molecular flexibility index (Phi) is 4.63. The summed E-state index contributed by atoms with van der Waals surface area (Å²) < 4.78 is 1.73. The number of carbonyl (C=O) groups excluding carboxylic acids is 2. The highest BCUT2D eigenvalue weighted by Gasteiger charge is 2.34. The first-order chi connectivity index (χ1) is 13.0. The number of hydrogen-bond acceptors (Lipinski definition) is 5. The van der Waals surface area contributed by atoms with Crippen molar-refractivity contribution >= 4 is 11.8 Å². The molecule has 1 unspecified atom stereocenters. The number of carbonyl (C=O) groups is 2. The van der Waals surface area contributed by atoms with Gasteiger partial charge in [-0.05, 0) is 30.9 Å². The van der Waals surface area contributed by atoms with Gasteiger partial charge in [-0.15, -0.1) is 0 Å². The highest BCUT2D eigenvalue weighted by Crippen LogP contribution is 2.25. The van der Waals surface area contributed by atoms with Crippen LogP contribution in [0.4, 0.5) is 0 Å². The van der Waals surface area contributed by atoms with E-state index in [2.05, 4.69) is 15.3 Å². The zero-order valence-corrected chi connectivity index (χ0v) is 15.8. The van der Waals surface area contributed by atoms with Gasteiger partial charge in [0.25, 0.3) is 0 Å². The van der Waals surface area contributed by atoms with Crippen LogP contribution >= 0.6 is 0 Å². The number of rotatable bonds is 2. The van der Waals surface area contributed by atoms with E-state index in [0.29, 0.717) is 26.1 Å². The molecule has 0 aromatic carbocycles. The summed E-state index contributed by atoms with van der Waals surface area (Å²) >= 11 is 0. The quantitative estimate of drug-likeness (QED) is 0.794. The van der Waals surface area contributed by atoms with Crippen LogP contribution in [0, 0.1) is 0 Å². The molecule has 2 aromatic heterocycles. The van der Waals surface area contributed by atoms with Crippen LogP contribution in [0.1, 0.15) is 37.4 Å². The van der Waals surface area contributed by atoms with Gasteiger partial charge in [-0.2, -0.15) is 15.3 Å². The predicted molar refractivity (Wildman–Crippen MR) is 98.4 cm³/mol. The van der Waals surface area contributed by atoms with Gasteiger partial charge in [-0.25, -0.2) is 0 Å². The minimum atomic E-state index is -0.328. The van der Waals surface area contributed by atoms with Gasteiger partial charge >= 0.3 is 0 Å². The fraction of sp³-hybridized carbons (Fsp3) is 0.526. The molecule has 0 spiro atoms. The van der Waals surface area contributed by atoms with Crippen LogP contribution in [-0.2, 0) is 29.6 Å². The molecule has 0 aliphatic carbocycles. The van der Waals surface area contributed by atoms with Crippen LogP contribution in [0.3, 0.4) is 0 Å². The predicted octanol–water partition coefficient (Wildman–Crippen LogP) is 1.16. The normalized spacial score (nSPS) is 19.7.